The van der Waals surface area contributed by atoms with Gasteiger partial charge in [-0.05, 0) is 23.8 Å². The summed E-state index contributed by atoms with van der Waals surface area (Å²) in [6.45, 7) is 0. The predicted octanol–water partition coefficient (Wildman–Crippen LogP) is 2.32. The van der Waals surface area contributed by atoms with Crippen molar-refractivity contribution in [2.75, 3.05) is 0 Å². The molecule has 1 unspecified atom stereocenters. The Kier molecular flexibility index (Phi) is 3.12. The molecule has 0 bridgehead atoms. The Labute approximate surface area is 97.1 Å². The summed E-state index contributed by atoms with van der Waals surface area (Å²) in [5, 5.41) is 0.535. The third-order valence-electron chi connectivity index (χ3n) is 2.15. The van der Waals surface area contributed by atoms with E-state index in [1.54, 1.807) is 12.1 Å². The number of hydrogen-bond acceptors (Lipinski definition) is 3. The minimum Gasteiger partial charge on any atom is -0.319 e. The van der Waals surface area contributed by atoms with Crippen LogP contribution in [0.3, 0.4) is 0 Å². The first-order valence-electron chi connectivity index (χ1n) is 4.64. The van der Waals surface area contributed by atoms with Crippen LogP contribution in [-0.4, -0.2) is 9.97 Å². The summed E-state index contributed by atoms with van der Waals surface area (Å²) in [5.74, 6) is -0.415. The van der Waals surface area contributed by atoms with Crippen LogP contribution in [0.1, 0.15) is 17.3 Å². The van der Waals surface area contributed by atoms with Crippen LogP contribution < -0.4 is 5.73 Å². The van der Waals surface area contributed by atoms with Crippen LogP contribution in [0, 0.1) is 5.82 Å². The van der Waals surface area contributed by atoms with Crippen LogP contribution in [0.5, 0.6) is 0 Å². The molecule has 0 amide bonds. The van der Waals surface area contributed by atoms with E-state index in [-0.39, 0.29) is 0 Å². The summed E-state index contributed by atoms with van der Waals surface area (Å²) in [7, 11) is 0. The van der Waals surface area contributed by atoms with Crippen molar-refractivity contribution in [3.8, 4) is 0 Å². The van der Waals surface area contributed by atoms with Crippen molar-refractivity contribution < 1.29 is 4.39 Å². The molecule has 0 spiro atoms. The van der Waals surface area contributed by atoms with Gasteiger partial charge in [-0.25, -0.2) is 4.39 Å². The second kappa shape index (κ2) is 4.55. The molecular formula is C11H9ClFN3. The lowest BCUT2D eigenvalue weighted by Crippen LogP contribution is -2.13. The molecule has 0 saturated heterocycles. The van der Waals surface area contributed by atoms with E-state index < -0.39 is 11.9 Å². The Morgan fingerprint density at radius 3 is 2.69 bits per heavy atom. The van der Waals surface area contributed by atoms with Gasteiger partial charge in [-0.1, -0.05) is 11.6 Å². The minimum atomic E-state index is -0.500. The number of aromatic nitrogens is 2. The molecule has 0 fully saturated rings. The van der Waals surface area contributed by atoms with Gasteiger partial charge in [-0.2, -0.15) is 0 Å². The Bertz CT molecular complexity index is 487. The van der Waals surface area contributed by atoms with Crippen LogP contribution >= 0.6 is 11.6 Å². The average molecular weight is 238 g/mol. The van der Waals surface area contributed by atoms with Gasteiger partial charge in [-0.3, -0.25) is 9.97 Å². The molecule has 3 nitrogen and oxygen atoms in total. The van der Waals surface area contributed by atoms with Crippen LogP contribution in [0.2, 0.25) is 5.02 Å². The van der Waals surface area contributed by atoms with Gasteiger partial charge in [0.2, 0.25) is 0 Å². The number of halogens is 2. The van der Waals surface area contributed by atoms with Crippen molar-refractivity contribution in [3.63, 3.8) is 0 Å². The Hall–Kier alpha value is -1.52. The van der Waals surface area contributed by atoms with Crippen molar-refractivity contribution in [2.45, 2.75) is 6.04 Å². The van der Waals surface area contributed by atoms with Crippen molar-refractivity contribution in [1.29, 1.82) is 0 Å². The predicted molar refractivity (Wildman–Crippen MR) is 59.5 cm³/mol. The van der Waals surface area contributed by atoms with Gasteiger partial charge >= 0.3 is 0 Å². The second-order valence-electron chi connectivity index (χ2n) is 3.32. The zero-order chi connectivity index (χ0) is 11.5. The van der Waals surface area contributed by atoms with E-state index in [1.807, 2.05) is 0 Å². The summed E-state index contributed by atoms with van der Waals surface area (Å²) in [6, 6.07) is 4.24. The Morgan fingerprint density at radius 1 is 1.25 bits per heavy atom. The lowest BCUT2D eigenvalue weighted by molar-refractivity contribution is 0.615. The third-order valence-corrected chi connectivity index (χ3v) is 2.38. The molecule has 1 atom stereocenters. The Balaban J connectivity index is 2.31. The van der Waals surface area contributed by atoms with Crippen molar-refractivity contribution >= 4 is 11.6 Å². The number of pyridine rings is 2. The summed E-state index contributed by atoms with van der Waals surface area (Å²) in [4.78, 5) is 7.82. The third kappa shape index (κ3) is 2.35. The average Bonchev–Trinajstić information content (AvgIpc) is 2.29. The smallest absolute Gasteiger partial charge is 0.141 e. The number of rotatable bonds is 2. The van der Waals surface area contributed by atoms with E-state index in [4.69, 9.17) is 17.3 Å². The monoisotopic (exact) mass is 237 g/mol. The van der Waals surface area contributed by atoms with Crippen LogP contribution in [0.4, 0.5) is 4.39 Å². The minimum absolute atomic E-state index is 0.415. The van der Waals surface area contributed by atoms with Gasteiger partial charge in [-0.15, -0.1) is 0 Å². The second-order valence-corrected chi connectivity index (χ2v) is 3.75. The van der Waals surface area contributed by atoms with Crippen LogP contribution in [-0.2, 0) is 0 Å². The molecule has 0 aliphatic carbocycles. The maximum Gasteiger partial charge on any atom is 0.141 e. The van der Waals surface area contributed by atoms with E-state index in [0.717, 1.165) is 6.20 Å². The largest absolute Gasteiger partial charge is 0.319 e. The molecule has 2 heterocycles. The highest BCUT2D eigenvalue weighted by Crippen LogP contribution is 2.18. The number of nitrogens with two attached hydrogens (primary N) is 1. The topological polar surface area (TPSA) is 51.8 Å². The van der Waals surface area contributed by atoms with Crippen LogP contribution in [0.15, 0.2) is 36.8 Å². The van der Waals surface area contributed by atoms with E-state index in [1.165, 1.54) is 18.5 Å². The zero-order valence-corrected chi connectivity index (χ0v) is 9.03. The molecular weight excluding hydrogens is 229 g/mol. The molecule has 0 aromatic carbocycles. The van der Waals surface area contributed by atoms with Crippen molar-refractivity contribution in [3.05, 3.63) is 58.9 Å². The molecule has 5 heteroatoms. The van der Waals surface area contributed by atoms with E-state index in [0.29, 0.717) is 16.3 Å². The fourth-order valence-electron chi connectivity index (χ4n) is 1.34. The molecule has 2 aromatic heterocycles. The maximum atomic E-state index is 12.9. The molecule has 16 heavy (non-hydrogen) atoms. The van der Waals surface area contributed by atoms with Gasteiger partial charge < -0.3 is 5.73 Å². The first kappa shape index (κ1) is 11.0. The van der Waals surface area contributed by atoms with Gasteiger partial charge in [0, 0.05) is 12.4 Å². The molecule has 2 aromatic rings. The molecule has 2 N–H and O–H groups in total. The van der Waals surface area contributed by atoms with Crippen molar-refractivity contribution in [2.24, 2.45) is 5.73 Å². The molecule has 2 rings (SSSR count). The first-order chi connectivity index (χ1) is 7.66. The van der Waals surface area contributed by atoms with Gasteiger partial charge in [0.25, 0.3) is 0 Å². The number of nitrogens with zero attached hydrogens (tertiary/aromatic N) is 2. The highest BCUT2D eigenvalue weighted by molar-refractivity contribution is 6.30. The SMILES string of the molecule is NC(c1cncc(F)c1)c1ccc(Cl)cn1. The first-order valence-corrected chi connectivity index (χ1v) is 5.02. The summed E-state index contributed by atoms with van der Waals surface area (Å²) < 4.78 is 12.9. The highest BCUT2D eigenvalue weighted by Gasteiger charge is 2.11. The molecule has 0 radical (unpaired) electrons. The molecule has 82 valence electrons. The zero-order valence-electron chi connectivity index (χ0n) is 8.27. The van der Waals surface area contributed by atoms with E-state index in [2.05, 4.69) is 9.97 Å². The highest BCUT2D eigenvalue weighted by atomic mass is 35.5. The lowest BCUT2D eigenvalue weighted by Gasteiger charge is -2.10. The number of hydrogen-bond donors (Lipinski definition) is 1. The molecule has 0 aliphatic heterocycles. The summed E-state index contributed by atoms with van der Waals surface area (Å²) in [5.41, 5.74) is 7.12. The quantitative estimate of drug-likeness (QED) is 0.872. The summed E-state index contributed by atoms with van der Waals surface area (Å²) >= 11 is 5.71. The van der Waals surface area contributed by atoms with Crippen LogP contribution in [0.25, 0.3) is 0 Å². The van der Waals surface area contributed by atoms with Gasteiger partial charge in [0.1, 0.15) is 5.82 Å². The van der Waals surface area contributed by atoms with Crippen molar-refractivity contribution in [1.82, 2.24) is 9.97 Å². The van der Waals surface area contributed by atoms with E-state index in [9.17, 15) is 4.39 Å². The molecule has 0 aliphatic rings. The van der Waals surface area contributed by atoms with E-state index >= 15 is 0 Å². The fourth-order valence-corrected chi connectivity index (χ4v) is 1.45. The van der Waals surface area contributed by atoms with Gasteiger partial charge in [0.15, 0.2) is 0 Å². The lowest BCUT2D eigenvalue weighted by atomic mass is 10.1. The summed E-state index contributed by atoms with van der Waals surface area (Å²) in [6.07, 6.45) is 4.15. The maximum absolute atomic E-state index is 12.9. The standard InChI is InChI=1S/C11H9ClFN3/c12-8-1-2-10(16-5-8)11(14)7-3-9(13)6-15-4-7/h1-6,11H,14H2. The van der Waals surface area contributed by atoms with Gasteiger partial charge in [0.05, 0.1) is 23.0 Å². The normalized spacial score (nSPS) is 12.4. The fraction of sp³-hybridized carbons (Fsp3) is 0.0909. The Morgan fingerprint density at radius 2 is 2.06 bits per heavy atom. The molecule has 0 saturated carbocycles.